The Morgan fingerprint density at radius 2 is 1.95 bits per heavy atom. The van der Waals surface area contributed by atoms with E-state index in [0.717, 1.165) is 10.0 Å². The molecular formula is C12H16Br2N2O2S2. The number of thiocarbonyl (C=S) groups is 1. The number of sulfonamides is 1. The highest BCUT2D eigenvalue weighted by molar-refractivity contribution is 9.11. The monoisotopic (exact) mass is 442 g/mol. The summed E-state index contributed by atoms with van der Waals surface area (Å²) in [6.45, 7) is 3.66. The summed E-state index contributed by atoms with van der Waals surface area (Å²) in [6.07, 6.45) is 0.343. The first kappa shape index (κ1) is 18.0. The molecule has 0 radical (unpaired) electrons. The minimum Gasteiger partial charge on any atom is -0.393 e. The van der Waals surface area contributed by atoms with Crippen LogP contribution in [-0.2, 0) is 10.0 Å². The molecule has 1 aromatic rings. The lowest BCUT2D eigenvalue weighted by molar-refractivity contribution is 0.396. The van der Waals surface area contributed by atoms with Crippen molar-refractivity contribution in [2.75, 3.05) is 7.05 Å². The Balaban J connectivity index is 3.23. The molecule has 0 spiro atoms. The van der Waals surface area contributed by atoms with Crippen LogP contribution in [0.4, 0.5) is 0 Å². The lowest BCUT2D eigenvalue weighted by atomic mass is 10.2. The van der Waals surface area contributed by atoms with Gasteiger partial charge in [0, 0.05) is 28.5 Å². The van der Waals surface area contributed by atoms with E-state index in [2.05, 4.69) is 31.9 Å². The van der Waals surface area contributed by atoms with Gasteiger partial charge in [0.05, 0.1) is 9.88 Å². The fourth-order valence-electron chi connectivity index (χ4n) is 1.64. The summed E-state index contributed by atoms with van der Waals surface area (Å²) < 4.78 is 27.8. The topological polar surface area (TPSA) is 63.4 Å². The van der Waals surface area contributed by atoms with E-state index in [9.17, 15) is 8.42 Å². The van der Waals surface area contributed by atoms with Gasteiger partial charge < -0.3 is 5.73 Å². The van der Waals surface area contributed by atoms with Crippen LogP contribution in [0.25, 0.3) is 0 Å². The van der Waals surface area contributed by atoms with Crippen molar-refractivity contribution in [2.45, 2.75) is 31.2 Å². The van der Waals surface area contributed by atoms with E-state index in [1.54, 1.807) is 19.1 Å². The standard InChI is InChI=1S/C12H16Br2N2O2S2/c1-7-4-10(14)11(6-9(7)13)20(17,18)16(3)8(2)5-12(15)19/h4,6,8H,5H2,1-3H3,(H2,15,19). The molecule has 20 heavy (non-hydrogen) atoms. The van der Waals surface area contributed by atoms with Gasteiger partial charge in [-0.3, -0.25) is 0 Å². The second-order valence-corrected chi connectivity index (χ2v) is 8.77. The first-order valence-electron chi connectivity index (χ1n) is 5.79. The molecule has 112 valence electrons. The maximum Gasteiger partial charge on any atom is 0.244 e. The number of nitrogens with two attached hydrogens (primary N) is 1. The Hall–Kier alpha value is -0.0200. The molecule has 1 unspecified atom stereocenters. The minimum atomic E-state index is -3.61. The molecular weight excluding hydrogens is 428 g/mol. The van der Waals surface area contributed by atoms with Crippen molar-refractivity contribution in [3.63, 3.8) is 0 Å². The van der Waals surface area contributed by atoms with E-state index in [1.165, 1.54) is 11.4 Å². The lowest BCUT2D eigenvalue weighted by Crippen LogP contribution is -2.37. The quantitative estimate of drug-likeness (QED) is 0.709. The third-order valence-corrected chi connectivity index (χ3v) is 6.94. The van der Waals surface area contributed by atoms with Gasteiger partial charge in [-0.05, 0) is 47.5 Å². The Morgan fingerprint density at radius 3 is 2.45 bits per heavy atom. The number of benzene rings is 1. The van der Waals surface area contributed by atoms with Gasteiger partial charge in [0.2, 0.25) is 10.0 Å². The summed E-state index contributed by atoms with van der Waals surface area (Å²) in [5, 5.41) is 0. The van der Waals surface area contributed by atoms with Gasteiger partial charge in [-0.15, -0.1) is 0 Å². The van der Waals surface area contributed by atoms with E-state index >= 15 is 0 Å². The number of nitrogens with zero attached hydrogens (tertiary/aromatic N) is 1. The van der Waals surface area contributed by atoms with Gasteiger partial charge >= 0.3 is 0 Å². The average molecular weight is 444 g/mol. The number of rotatable bonds is 5. The van der Waals surface area contributed by atoms with E-state index in [0.29, 0.717) is 15.9 Å². The van der Waals surface area contributed by atoms with Crippen molar-refractivity contribution >= 4 is 59.1 Å². The number of halogens is 2. The van der Waals surface area contributed by atoms with Crippen molar-refractivity contribution in [1.82, 2.24) is 4.31 Å². The zero-order valence-corrected chi connectivity index (χ0v) is 16.2. The predicted octanol–water partition coefficient (Wildman–Crippen LogP) is 3.21. The van der Waals surface area contributed by atoms with Gasteiger partial charge in [0.15, 0.2) is 0 Å². The van der Waals surface area contributed by atoms with Crippen molar-refractivity contribution in [2.24, 2.45) is 5.73 Å². The molecule has 4 nitrogen and oxygen atoms in total. The summed E-state index contributed by atoms with van der Waals surface area (Å²) in [5.41, 5.74) is 6.43. The lowest BCUT2D eigenvalue weighted by Gasteiger charge is -2.24. The molecule has 0 aliphatic rings. The fourth-order valence-corrected chi connectivity index (χ4v) is 4.88. The Morgan fingerprint density at radius 1 is 1.40 bits per heavy atom. The molecule has 1 atom stereocenters. The van der Waals surface area contributed by atoms with Crippen LogP contribution in [0.1, 0.15) is 18.9 Å². The summed E-state index contributed by atoms with van der Waals surface area (Å²) in [7, 11) is -2.09. The minimum absolute atomic E-state index is 0.215. The van der Waals surface area contributed by atoms with Crippen LogP contribution in [0.2, 0.25) is 0 Å². The van der Waals surface area contributed by atoms with Gasteiger partial charge in [-0.1, -0.05) is 28.1 Å². The first-order valence-corrected chi connectivity index (χ1v) is 9.22. The molecule has 0 heterocycles. The molecule has 0 saturated heterocycles. The van der Waals surface area contributed by atoms with Crippen LogP contribution < -0.4 is 5.73 Å². The summed E-state index contributed by atoms with van der Waals surface area (Å²) in [6, 6.07) is 3.06. The van der Waals surface area contributed by atoms with Crippen molar-refractivity contribution in [3.05, 3.63) is 26.6 Å². The summed E-state index contributed by atoms with van der Waals surface area (Å²) in [4.78, 5) is 0.510. The second-order valence-electron chi connectivity index (χ2n) is 4.57. The molecule has 1 aromatic carbocycles. The molecule has 1 rings (SSSR count). The molecule has 0 bridgehead atoms. The van der Waals surface area contributed by atoms with Crippen molar-refractivity contribution < 1.29 is 8.42 Å². The fraction of sp³-hybridized carbons (Fsp3) is 0.417. The number of hydrogen-bond donors (Lipinski definition) is 1. The van der Waals surface area contributed by atoms with Crippen LogP contribution in [0, 0.1) is 6.92 Å². The zero-order chi connectivity index (χ0) is 15.7. The molecule has 0 saturated carbocycles. The Bertz CT molecular complexity index is 633. The van der Waals surface area contributed by atoms with Crippen LogP contribution in [0.15, 0.2) is 26.0 Å². The van der Waals surface area contributed by atoms with Gasteiger partial charge in [0.25, 0.3) is 0 Å². The average Bonchev–Trinajstić information content (AvgIpc) is 2.31. The molecule has 0 fully saturated rings. The van der Waals surface area contributed by atoms with Gasteiger partial charge in [-0.2, -0.15) is 4.31 Å². The maximum absolute atomic E-state index is 12.6. The highest BCUT2D eigenvalue weighted by Crippen LogP contribution is 2.31. The zero-order valence-electron chi connectivity index (χ0n) is 11.4. The normalized spacial score (nSPS) is 13.5. The number of hydrogen-bond acceptors (Lipinski definition) is 3. The summed E-state index contributed by atoms with van der Waals surface area (Å²) >= 11 is 11.5. The van der Waals surface area contributed by atoms with E-state index in [-0.39, 0.29) is 10.9 Å². The van der Waals surface area contributed by atoms with Crippen LogP contribution in [-0.4, -0.2) is 30.8 Å². The largest absolute Gasteiger partial charge is 0.393 e. The highest BCUT2D eigenvalue weighted by Gasteiger charge is 2.28. The van der Waals surface area contributed by atoms with Crippen molar-refractivity contribution in [3.8, 4) is 0 Å². The Labute approximate surface area is 142 Å². The van der Waals surface area contributed by atoms with Crippen LogP contribution >= 0.6 is 44.1 Å². The molecule has 0 amide bonds. The maximum atomic E-state index is 12.6. The molecule has 2 N–H and O–H groups in total. The van der Waals surface area contributed by atoms with E-state index in [1.807, 2.05) is 6.92 Å². The summed E-state index contributed by atoms with van der Waals surface area (Å²) in [5.74, 6) is 0. The third-order valence-electron chi connectivity index (χ3n) is 2.99. The van der Waals surface area contributed by atoms with Crippen molar-refractivity contribution in [1.29, 1.82) is 0 Å². The molecule has 0 aromatic heterocycles. The van der Waals surface area contributed by atoms with E-state index in [4.69, 9.17) is 18.0 Å². The second kappa shape index (κ2) is 6.83. The Kier molecular flexibility index (Phi) is 6.15. The SMILES string of the molecule is Cc1cc(Br)c(S(=O)(=O)N(C)C(C)CC(N)=S)cc1Br. The molecule has 0 aliphatic heterocycles. The predicted molar refractivity (Wildman–Crippen MR) is 92.4 cm³/mol. The highest BCUT2D eigenvalue weighted by atomic mass is 79.9. The molecule has 0 aliphatic carbocycles. The smallest absolute Gasteiger partial charge is 0.244 e. The number of aryl methyl sites for hydroxylation is 1. The third kappa shape index (κ3) is 4.00. The van der Waals surface area contributed by atoms with E-state index < -0.39 is 10.0 Å². The van der Waals surface area contributed by atoms with Crippen LogP contribution in [0.5, 0.6) is 0 Å². The molecule has 8 heteroatoms. The van der Waals surface area contributed by atoms with Crippen LogP contribution in [0.3, 0.4) is 0 Å². The van der Waals surface area contributed by atoms with Gasteiger partial charge in [0.1, 0.15) is 0 Å². The first-order chi connectivity index (χ1) is 9.07. The van der Waals surface area contributed by atoms with Gasteiger partial charge in [-0.25, -0.2) is 8.42 Å².